The molecule has 1 saturated heterocycles. The normalized spacial score (nSPS) is 15.1. The van der Waals surface area contributed by atoms with E-state index < -0.39 is 0 Å². The SMILES string of the molecule is C#C.CCCC(=O)N1CCCC1. The van der Waals surface area contributed by atoms with Crippen molar-refractivity contribution in [1.82, 2.24) is 4.90 Å². The van der Waals surface area contributed by atoms with Gasteiger partial charge in [0.25, 0.3) is 0 Å². The van der Waals surface area contributed by atoms with E-state index in [4.69, 9.17) is 0 Å². The highest BCUT2D eigenvalue weighted by molar-refractivity contribution is 5.76. The Kier molecular flexibility index (Phi) is 6.18. The van der Waals surface area contributed by atoms with E-state index in [2.05, 4.69) is 12.8 Å². The van der Waals surface area contributed by atoms with E-state index >= 15 is 0 Å². The van der Waals surface area contributed by atoms with Crippen molar-refractivity contribution in [3.8, 4) is 12.8 Å². The molecule has 2 nitrogen and oxygen atoms in total. The molecule has 0 aromatic carbocycles. The van der Waals surface area contributed by atoms with E-state index in [1.54, 1.807) is 0 Å². The van der Waals surface area contributed by atoms with E-state index in [1.807, 2.05) is 11.8 Å². The van der Waals surface area contributed by atoms with Gasteiger partial charge in [0.05, 0.1) is 0 Å². The van der Waals surface area contributed by atoms with Crippen molar-refractivity contribution in [3.63, 3.8) is 0 Å². The monoisotopic (exact) mass is 167 g/mol. The number of carbonyl (C=O) groups is 1. The Balaban J connectivity index is 0.000000561. The largest absolute Gasteiger partial charge is 0.343 e. The molecule has 0 unspecified atom stereocenters. The molecule has 0 atom stereocenters. The maximum Gasteiger partial charge on any atom is 0.222 e. The highest BCUT2D eigenvalue weighted by Gasteiger charge is 2.15. The van der Waals surface area contributed by atoms with Gasteiger partial charge in [-0.2, -0.15) is 0 Å². The Bertz CT molecular complexity index is 145. The number of amides is 1. The maximum absolute atomic E-state index is 11.2. The smallest absolute Gasteiger partial charge is 0.222 e. The molecule has 0 bridgehead atoms. The van der Waals surface area contributed by atoms with Crippen molar-refractivity contribution in [2.45, 2.75) is 32.6 Å². The second-order valence-electron chi connectivity index (χ2n) is 2.84. The second-order valence-corrected chi connectivity index (χ2v) is 2.84. The summed E-state index contributed by atoms with van der Waals surface area (Å²) in [5.41, 5.74) is 0. The van der Waals surface area contributed by atoms with Crippen LogP contribution in [0.2, 0.25) is 0 Å². The number of hydrogen-bond acceptors (Lipinski definition) is 1. The van der Waals surface area contributed by atoms with Crippen molar-refractivity contribution in [2.75, 3.05) is 13.1 Å². The summed E-state index contributed by atoms with van der Waals surface area (Å²) in [6, 6.07) is 0. The zero-order valence-corrected chi connectivity index (χ0v) is 7.75. The number of rotatable bonds is 2. The lowest BCUT2D eigenvalue weighted by molar-refractivity contribution is -0.130. The molecule has 0 aromatic rings. The molecular weight excluding hydrogens is 150 g/mol. The fourth-order valence-electron chi connectivity index (χ4n) is 1.34. The third-order valence-corrected chi connectivity index (χ3v) is 1.92. The van der Waals surface area contributed by atoms with Crippen LogP contribution in [0.4, 0.5) is 0 Å². The second kappa shape index (κ2) is 6.72. The van der Waals surface area contributed by atoms with Crippen LogP contribution in [0.1, 0.15) is 32.6 Å². The molecule has 68 valence electrons. The molecular formula is C10H17NO. The minimum absolute atomic E-state index is 0.347. The average molecular weight is 167 g/mol. The van der Waals surface area contributed by atoms with Crippen LogP contribution in [0, 0.1) is 12.8 Å². The lowest BCUT2D eigenvalue weighted by Crippen LogP contribution is -2.26. The van der Waals surface area contributed by atoms with Crippen LogP contribution in [0.3, 0.4) is 0 Å². The topological polar surface area (TPSA) is 20.3 Å². The summed E-state index contributed by atoms with van der Waals surface area (Å²) in [5, 5.41) is 0. The molecule has 1 fully saturated rings. The fraction of sp³-hybridized carbons (Fsp3) is 0.700. The molecule has 0 N–H and O–H groups in total. The molecule has 0 aliphatic carbocycles. The number of likely N-dealkylation sites (tertiary alicyclic amines) is 1. The molecule has 0 saturated carbocycles. The highest BCUT2D eigenvalue weighted by atomic mass is 16.2. The van der Waals surface area contributed by atoms with Crippen molar-refractivity contribution in [1.29, 1.82) is 0 Å². The van der Waals surface area contributed by atoms with Gasteiger partial charge >= 0.3 is 0 Å². The van der Waals surface area contributed by atoms with E-state index in [-0.39, 0.29) is 0 Å². The molecule has 1 heterocycles. The predicted molar refractivity (Wildman–Crippen MR) is 50.6 cm³/mol. The van der Waals surface area contributed by atoms with Crippen molar-refractivity contribution in [2.24, 2.45) is 0 Å². The number of terminal acetylenes is 1. The molecule has 0 radical (unpaired) electrons. The van der Waals surface area contributed by atoms with Crippen LogP contribution in [0.25, 0.3) is 0 Å². The van der Waals surface area contributed by atoms with E-state index in [0.29, 0.717) is 5.91 Å². The van der Waals surface area contributed by atoms with Gasteiger partial charge in [0.15, 0.2) is 0 Å². The van der Waals surface area contributed by atoms with Gasteiger partial charge in [0, 0.05) is 19.5 Å². The van der Waals surface area contributed by atoms with Crippen molar-refractivity contribution in [3.05, 3.63) is 0 Å². The van der Waals surface area contributed by atoms with E-state index in [1.165, 1.54) is 12.8 Å². The first-order chi connectivity index (χ1) is 5.84. The summed E-state index contributed by atoms with van der Waals surface area (Å²) in [4.78, 5) is 13.1. The minimum atomic E-state index is 0.347. The minimum Gasteiger partial charge on any atom is -0.343 e. The van der Waals surface area contributed by atoms with Crippen LogP contribution < -0.4 is 0 Å². The van der Waals surface area contributed by atoms with Gasteiger partial charge in [-0.3, -0.25) is 4.79 Å². The average Bonchev–Trinajstić information content (AvgIpc) is 2.60. The van der Waals surface area contributed by atoms with Crippen LogP contribution in [0.15, 0.2) is 0 Å². The third kappa shape index (κ3) is 3.43. The predicted octanol–water partition coefficient (Wildman–Crippen LogP) is 1.66. The standard InChI is InChI=1S/C8H15NO.C2H2/c1-2-5-8(10)9-6-3-4-7-9;1-2/h2-7H2,1H3;1-2H. The van der Waals surface area contributed by atoms with Crippen LogP contribution >= 0.6 is 0 Å². The van der Waals surface area contributed by atoms with Gasteiger partial charge in [0.2, 0.25) is 5.91 Å². The number of hydrogen-bond donors (Lipinski definition) is 0. The van der Waals surface area contributed by atoms with Gasteiger partial charge in [-0.1, -0.05) is 6.92 Å². The summed E-state index contributed by atoms with van der Waals surface area (Å²) in [7, 11) is 0. The zero-order valence-electron chi connectivity index (χ0n) is 7.75. The highest BCUT2D eigenvalue weighted by Crippen LogP contribution is 2.09. The Morgan fingerprint density at radius 2 is 1.83 bits per heavy atom. The first-order valence-electron chi connectivity index (χ1n) is 4.45. The molecule has 0 aromatic heterocycles. The number of nitrogens with zero attached hydrogens (tertiary/aromatic N) is 1. The lowest BCUT2D eigenvalue weighted by atomic mass is 10.3. The summed E-state index contributed by atoms with van der Waals surface area (Å²) in [5.74, 6) is 0.347. The Labute approximate surface area is 74.9 Å². The molecule has 0 spiro atoms. The first kappa shape index (κ1) is 11.0. The third-order valence-electron chi connectivity index (χ3n) is 1.92. The quantitative estimate of drug-likeness (QED) is 0.573. The van der Waals surface area contributed by atoms with Gasteiger partial charge in [0.1, 0.15) is 0 Å². The van der Waals surface area contributed by atoms with Gasteiger partial charge < -0.3 is 4.90 Å². The van der Waals surface area contributed by atoms with Crippen LogP contribution in [-0.4, -0.2) is 23.9 Å². The van der Waals surface area contributed by atoms with Crippen molar-refractivity contribution < 1.29 is 4.79 Å². The lowest BCUT2D eigenvalue weighted by Gasteiger charge is -2.13. The Morgan fingerprint density at radius 1 is 1.33 bits per heavy atom. The van der Waals surface area contributed by atoms with Crippen LogP contribution in [0.5, 0.6) is 0 Å². The molecule has 12 heavy (non-hydrogen) atoms. The van der Waals surface area contributed by atoms with Gasteiger partial charge in [-0.05, 0) is 19.3 Å². The zero-order chi connectivity index (χ0) is 9.40. The molecule has 1 amide bonds. The fourth-order valence-corrected chi connectivity index (χ4v) is 1.34. The molecule has 1 rings (SSSR count). The van der Waals surface area contributed by atoms with E-state index in [0.717, 1.165) is 25.9 Å². The summed E-state index contributed by atoms with van der Waals surface area (Å²) < 4.78 is 0. The molecule has 2 heteroatoms. The first-order valence-corrected chi connectivity index (χ1v) is 4.45. The number of carbonyl (C=O) groups excluding carboxylic acids is 1. The summed E-state index contributed by atoms with van der Waals surface area (Å²) in [6.07, 6.45) is 12.1. The van der Waals surface area contributed by atoms with Gasteiger partial charge in [-0.15, -0.1) is 12.8 Å². The summed E-state index contributed by atoms with van der Waals surface area (Å²) in [6.45, 7) is 4.05. The summed E-state index contributed by atoms with van der Waals surface area (Å²) >= 11 is 0. The van der Waals surface area contributed by atoms with E-state index in [9.17, 15) is 4.79 Å². The van der Waals surface area contributed by atoms with Crippen LogP contribution in [-0.2, 0) is 4.79 Å². The Hall–Kier alpha value is -0.970. The maximum atomic E-state index is 11.2. The molecule has 1 aliphatic rings. The van der Waals surface area contributed by atoms with Gasteiger partial charge in [-0.25, -0.2) is 0 Å². The Morgan fingerprint density at radius 3 is 2.25 bits per heavy atom. The van der Waals surface area contributed by atoms with Crippen molar-refractivity contribution >= 4 is 5.91 Å². The molecule has 1 aliphatic heterocycles.